The van der Waals surface area contributed by atoms with E-state index in [0.29, 0.717) is 18.8 Å². The van der Waals surface area contributed by atoms with Crippen LogP contribution in [0.25, 0.3) is 0 Å². The zero-order valence-electron chi connectivity index (χ0n) is 14.5. The molecule has 1 amide bonds. The Morgan fingerprint density at radius 1 is 1.40 bits per heavy atom. The molecule has 2 rings (SSSR count). The zero-order valence-corrected chi connectivity index (χ0v) is 14.5. The van der Waals surface area contributed by atoms with Gasteiger partial charge in [-0.25, -0.2) is 0 Å². The molecule has 1 saturated heterocycles. The number of carbonyl (C=O) groups excluding carboxylic acids is 1. The van der Waals surface area contributed by atoms with E-state index >= 15 is 0 Å². The smallest absolute Gasteiger partial charge is 0.296 e. The van der Waals surface area contributed by atoms with Crippen LogP contribution in [0.3, 0.4) is 0 Å². The Hall–Kier alpha value is -2.23. The van der Waals surface area contributed by atoms with Crippen LogP contribution in [0.15, 0.2) is 18.2 Å². The van der Waals surface area contributed by atoms with Crippen LogP contribution in [0.4, 0.5) is 11.4 Å². The van der Waals surface area contributed by atoms with Crippen molar-refractivity contribution in [3.63, 3.8) is 0 Å². The van der Waals surface area contributed by atoms with Gasteiger partial charge < -0.3 is 15.2 Å². The number of carbonyl (C=O) groups is 1. The van der Waals surface area contributed by atoms with Crippen LogP contribution < -0.4 is 10.1 Å². The van der Waals surface area contributed by atoms with Crippen molar-refractivity contribution < 1.29 is 19.6 Å². The van der Waals surface area contributed by atoms with Crippen molar-refractivity contribution in [1.82, 2.24) is 9.80 Å². The van der Waals surface area contributed by atoms with Crippen molar-refractivity contribution in [1.29, 1.82) is 0 Å². The molecule has 1 unspecified atom stereocenters. The summed E-state index contributed by atoms with van der Waals surface area (Å²) in [6.45, 7) is 5.22. The lowest BCUT2D eigenvalue weighted by Gasteiger charge is -2.37. The number of aliphatic hydroxyl groups excluding tert-OH is 1. The largest absolute Gasteiger partial charge is 0.496 e. The van der Waals surface area contributed by atoms with Crippen molar-refractivity contribution in [3.8, 4) is 5.75 Å². The van der Waals surface area contributed by atoms with Crippen LogP contribution in [0.1, 0.15) is 6.92 Å². The molecule has 1 heterocycles. The maximum absolute atomic E-state index is 12.2. The summed E-state index contributed by atoms with van der Waals surface area (Å²) in [5.74, 6) is 0.0655. The Kier molecular flexibility index (Phi) is 6.68. The SMILES string of the molecule is COc1ccc(NC(=O)CN2CCN(C(C)CO)CC2)c([N+](=O)[O-])c1. The van der Waals surface area contributed by atoms with Crippen molar-refractivity contribution >= 4 is 17.3 Å². The fraction of sp³-hybridized carbons (Fsp3) is 0.562. The Morgan fingerprint density at radius 3 is 2.64 bits per heavy atom. The van der Waals surface area contributed by atoms with Gasteiger partial charge in [0, 0.05) is 32.2 Å². The highest BCUT2D eigenvalue weighted by atomic mass is 16.6. The first-order valence-electron chi connectivity index (χ1n) is 8.14. The molecule has 9 nitrogen and oxygen atoms in total. The summed E-state index contributed by atoms with van der Waals surface area (Å²) in [6.07, 6.45) is 0. The molecular formula is C16H24N4O5. The molecule has 0 radical (unpaired) electrons. The molecule has 0 aliphatic carbocycles. The van der Waals surface area contributed by atoms with Gasteiger partial charge >= 0.3 is 0 Å². The molecule has 0 aromatic heterocycles. The number of methoxy groups -OCH3 is 1. The number of nitro groups is 1. The average molecular weight is 352 g/mol. The monoisotopic (exact) mass is 352 g/mol. The minimum absolute atomic E-state index is 0.109. The molecular weight excluding hydrogens is 328 g/mol. The number of amides is 1. The summed E-state index contributed by atoms with van der Waals surface area (Å²) in [5, 5.41) is 22.9. The summed E-state index contributed by atoms with van der Waals surface area (Å²) >= 11 is 0. The fourth-order valence-corrected chi connectivity index (χ4v) is 2.77. The highest BCUT2D eigenvalue weighted by Crippen LogP contribution is 2.28. The standard InChI is InChI=1S/C16H24N4O5/c1-12(11-21)19-7-5-18(6-8-19)10-16(22)17-14-4-3-13(25-2)9-15(14)20(23)24/h3-4,9,12,21H,5-8,10-11H2,1-2H3,(H,17,22). The van der Waals surface area contributed by atoms with Gasteiger partial charge in [-0.15, -0.1) is 0 Å². The van der Waals surface area contributed by atoms with Gasteiger partial charge in [0.1, 0.15) is 11.4 Å². The molecule has 9 heteroatoms. The summed E-state index contributed by atoms with van der Waals surface area (Å²) in [5.41, 5.74) is -0.0439. The molecule has 1 aliphatic rings. The number of hydrogen-bond donors (Lipinski definition) is 2. The Balaban J connectivity index is 1.92. The number of ether oxygens (including phenoxy) is 1. The molecule has 0 saturated carbocycles. The van der Waals surface area contributed by atoms with E-state index in [9.17, 15) is 20.0 Å². The van der Waals surface area contributed by atoms with Gasteiger partial charge in [-0.3, -0.25) is 24.7 Å². The third kappa shape index (κ3) is 5.12. The summed E-state index contributed by atoms with van der Waals surface area (Å²) in [6, 6.07) is 4.43. The van der Waals surface area contributed by atoms with E-state index in [4.69, 9.17) is 4.74 Å². The molecule has 138 valence electrons. The lowest BCUT2D eigenvalue weighted by Crippen LogP contribution is -2.51. The predicted octanol–water partition coefficient (Wildman–Crippen LogP) is 0.540. The first-order chi connectivity index (χ1) is 11.9. The van der Waals surface area contributed by atoms with Gasteiger partial charge in [-0.2, -0.15) is 0 Å². The van der Waals surface area contributed by atoms with E-state index in [1.165, 1.54) is 19.2 Å². The fourth-order valence-electron chi connectivity index (χ4n) is 2.77. The predicted molar refractivity (Wildman–Crippen MR) is 92.8 cm³/mol. The maximum atomic E-state index is 12.2. The topological polar surface area (TPSA) is 108 Å². The third-order valence-electron chi connectivity index (χ3n) is 4.34. The number of hydrogen-bond acceptors (Lipinski definition) is 7. The van der Waals surface area contributed by atoms with E-state index in [-0.39, 0.29) is 36.5 Å². The Bertz CT molecular complexity index is 617. The summed E-state index contributed by atoms with van der Waals surface area (Å²) in [4.78, 5) is 27.0. The normalized spacial score (nSPS) is 17.1. The van der Waals surface area contributed by atoms with E-state index < -0.39 is 4.92 Å². The number of benzene rings is 1. The van der Waals surface area contributed by atoms with Gasteiger partial charge in [0.25, 0.3) is 5.69 Å². The van der Waals surface area contributed by atoms with Crippen molar-refractivity contribution in [3.05, 3.63) is 28.3 Å². The number of nitrogens with one attached hydrogen (secondary N) is 1. The van der Waals surface area contributed by atoms with Gasteiger partial charge in [-0.1, -0.05) is 0 Å². The van der Waals surface area contributed by atoms with E-state index in [1.807, 2.05) is 11.8 Å². The van der Waals surface area contributed by atoms with Crippen LogP contribution in [-0.2, 0) is 4.79 Å². The molecule has 1 atom stereocenters. The number of anilines is 1. The second-order valence-corrected chi connectivity index (χ2v) is 6.03. The van der Waals surface area contributed by atoms with Crippen LogP contribution in [-0.4, -0.2) is 78.2 Å². The first kappa shape index (κ1) is 19.1. The molecule has 1 aromatic carbocycles. The number of aliphatic hydroxyl groups is 1. The molecule has 2 N–H and O–H groups in total. The van der Waals surface area contributed by atoms with Crippen LogP contribution >= 0.6 is 0 Å². The van der Waals surface area contributed by atoms with Crippen molar-refractivity contribution in [2.45, 2.75) is 13.0 Å². The first-order valence-corrected chi connectivity index (χ1v) is 8.14. The van der Waals surface area contributed by atoms with Crippen molar-refractivity contribution in [2.75, 3.05) is 51.8 Å². The number of nitro benzene ring substituents is 1. The second-order valence-electron chi connectivity index (χ2n) is 6.03. The molecule has 1 aliphatic heterocycles. The second kappa shape index (κ2) is 8.75. The van der Waals surface area contributed by atoms with E-state index in [1.54, 1.807) is 6.07 Å². The van der Waals surface area contributed by atoms with Crippen LogP contribution in [0.2, 0.25) is 0 Å². The highest BCUT2D eigenvalue weighted by molar-refractivity contribution is 5.94. The Labute approximate surface area is 146 Å². The van der Waals surface area contributed by atoms with Gasteiger partial charge in [-0.05, 0) is 19.1 Å². The number of piperazine rings is 1. The molecule has 1 fully saturated rings. The lowest BCUT2D eigenvalue weighted by molar-refractivity contribution is -0.384. The average Bonchev–Trinajstić information content (AvgIpc) is 2.61. The zero-order chi connectivity index (χ0) is 18.4. The van der Waals surface area contributed by atoms with Crippen molar-refractivity contribution in [2.24, 2.45) is 0 Å². The molecule has 0 spiro atoms. The van der Waals surface area contributed by atoms with Gasteiger partial charge in [0.15, 0.2) is 0 Å². The summed E-state index contributed by atoms with van der Waals surface area (Å²) in [7, 11) is 1.43. The van der Waals surface area contributed by atoms with Gasteiger partial charge in [0.2, 0.25) is 5.91 Å². The summed E-state index contributed by atoms with van der Waals surface area (Å²) < 4.78 is 4.98. The molecule has 25 heavy (non-hydrogen) atoms. The highest BCUT2D eigenvalue weighted by Gasteiger charge is 2.23. The minimum Gasteiger partial charge on any atom is -0.496 e. The maximum Gasteiger partial charge on any atom is 0.296 e. The third-order valence-corrected chi connectivity index (χ3v) is 4.34. The number of rotatable bonds is 7. The van der Waals surface area contributed by atoms with Crippen LogP contribution in [0, 0.1) is 10.1 Å². The number of nitrogens with zero attached hydrogens (tertiary/aromatic N) is 3. The molecule has 1 aromatic rings. The lowest BCUT2D eigenvalue weighted by atomic mass is 10.2. The molecule has 0 bridgehead atoms. The van der Waals surface area contributed by atoms with E-state index in [2.05, 4.69) is 10.2 Å². The quantitative estimate of drug-likeness (QED) is 0.544. The van der Waals surface area contributed by atoms with Crippen LogP contribution in [0.5, 0.6) is 5.75 Å². The minimum atomic E-state index is -0.548. The van der Waals surface area contributed by atoms with E-state index in [0.717, 1.165) is 13.1 Å². The van der Waals surface area contributed by atoms with Gasteiger partial charge in [0.05, 0.1) is 31.3 Å². The Morgan fingerprint density at radius 2 is 2.08 bits per heavy atom.